The second kappa shape index (κ2) is 6.54. The number of esters is 1. The summed E-state index contributed by atoms with van der Waals surface area (Å²) in [4.78, 5) is 28.2. The Balaban J connectivity index is 2.00. The summed E-state index contributed by atoms with van der Waals surface area (Å²) in [5.74, 6) is -0.744. The molecule has 8 nitrogen and oxygen atoms in total. The molecule has 0 radical (unpaired) electrons. The van der Waals surface area contributed by atoms with Gasteiger partial charge < -0.3 is 20.0 Å². The second-order valence-electron chi connectivity index (χ2n) is 5.04. The van der Waals surface area contributed by atoms with Gasteiger partial charge in [0.05, 0.1) is 18.2 Å². The van der Waals surface area contributed by atoms with Crippen molar-refractivity contribution in [2.45, 2.75) is 0 Å². The molecule has 2 aromatic carbocycles. The summed E-state index contributed by atoms with van der Waals surface area (Å²) in [6, 6.07) is 9.25. The molecule has 0 aliphatic carbocycles. The van der Waals surface area contributed by atoms with Gasteiger partial charge in [-0.2, -0.15) is 0 Å². The van der Waals surface area contributed by atoms with Gasteiger partial charge in [-0.15, -0.1) is 0 Å². The fraction of sp³-hybridized carbons (Fsp3) is 0.0588. The Morgan fingerprint density at radius 2 is 2.00 bits per heavy atom. The molecule has 128 valence electrons. The number of methoxy groups -OCH3 is 1. The molecule has 2 aromatic rings. The van der Waals surface area contributed by atoms with E-state index >= 15 is 0 Å². The van der Waals surface area contributed by atoms with Crippen LogP contribution in [0.1, 0.15) is 26.3 Å². The molecule has 0 unspecified atom stereocenters. The van der Waals surface area contributed by atoms with Crippen LogP contribution in [0, 0.1) is 0 Å². The summed E-state index contributed by atoms with van der Waals surface area (Å²) in [5.41, 5.74) is 6.27. The van der Waals surface area contributed by atoms with E-state index in [1.54, 1.807) is 24.3 Å². The van der Waals surface area contributed by atoms with Crippen molar-refractivity contribution in [1.82, 2.24) is 0 Å². The van der Waals surface area contributed by atoms with E-state index in [0.717, 1.165) is 0 Å². The number of amides is 1. The van der Waals surface area contributed by atoms with E-state index in [0.29, 0.717) is 28.0 Å². The molecule has 0 aromatic heterocycles. The lowest BCUT2D eigenvalue weighted by atomic mass is 10.1. The van der Waals surface area contributed by atoms with Crippen LogP contribution in [0.25, 0.3) is 6.08 Å². The Labute approximate surface area is 142 Å². The number of fused-ring (bicyclic) bond motifs is 1. The van der Waals surface area contributed by atoms with Gasteiger partial charge in [-0.3, -0.25) is 10.0 Å². The molecule has 3 rings (SSSR count). The lowest BCUT2D eigenvalue weighted by Gasteiger charge is -2.22. The van der Waals surface area contributed by atoms with Gasteiger partial charge in [-0.25, -0.2) is 4.79 Å². The Bertz CT molecular complexity index is 877. The SMILES string of the molecule is COC(=O)c1cc(Oc2cccc3c2C=CON3O)ccc1C(N)=O. The van der Waals surface area contributed by atoms with E-state index in [-0.39, 0.29) is 11.1 Å². The fourth-order valence-corrected chi connectivity index (χ4v) is 2.38. The van der Waals surface area contributed by atoms with Gasteiger partial charge in [0, 0.05) is 5.56 Å². The average molecular weight is 342 g/mol. The third kappa shape index (κ3) is 3.10. The lowest BCUT2D eigenvalue weighted by Crippen LogP contribution is -2.19. The molecule has 3 N–H and O–H groups in total. The summed E-state index contributed by atoms with van der Waals surface area (Å²) in [5, 5.41) is 10.3. The minimum absolute atomic E-state index is 0.0000381. The van der Waals surface area contributed by atoms with Gasteiger partial charge in [0.1, 0.15) is 23.4 Å². The van der Waals surface area contributed by atoms with E-state index in [1.807, 2.05) is 0 Å². The normalized spacial score (nSPS) is 12.2. The van der Waals surface area contributed by atoms with E-state index in [9.17, 15) is 14.8 Å². The number of anilines is 1. The van der Waals surface area contributed by atoms with E-state index in [4.69, 9.17) is 15.3 Å². The first-order valence-corrected chi connectivity index (χ1v) is 7.16. The molecule has 0 fully saturated rings. The van der Waals surface area contributed by atoms with Crippen LogP contribution in [0.3, 0.4) is 0 Å². The Morgan fingerprint density at radius 1 is 1.20 bits per heavy atom. The predicted octanol–water partition coefficient (Wildman–Crippen LogP) is 2.48. The quantitative estimate of drug-likeness (QED) is 0.821. The zero-order valence-corrected chi connectivity index (χ0v) is 13.1. The second-order valence-corrected chi connectivity index (χ2v) is 5.04. The van der Waals surface area contributed by atoms with E-state index in [1.165, 1.54) is 31.6 Å². The van der Waals surface area contributed by atoms with Crippen LogP contribution >= 0.6 is 0 Å². The lowest BCUT2D eigenvalue weighted by molar-refractivity contribution is 0.0133. The maximum Gasteiger partial charge on any atom is 0.338 e. The maximum atomic E-state index is 11.9. The molecule has 1 aliphatic heterocycles. The van der Waals surface area contributed by atoms with Gasteiger partial charge >= 0.3 is 5.97 Å². The van der Waals surface area contributed by atoms with E-state index < -0.39 is 11.9 Å². The van der Waals surface area contributed by atoms with Crippen LogP contribution in [0.2, 0.25) is 0 Å². The van der Waals surface area contributed by atoms with Crippen molar-refractivity contribution in [3.05, 3.63) is 59.4 Å². The first kappa shape index (κ1) is 16.3. The van der Waals surface area contributed by atoms with Crippen molar-refractivity contribution in [2.75, 3.05) is 12.3 Å². The van der Waals surface area contributed by atoms with Crippen molar-refractivity contribution < 1.29 is 29.1 Å². The molecule has 8 heteroatoms. The number of benzene rings is 2. The number of ether oxygens (including phenoxy) is 2. The molecular weight excluding hydrogens is 328 g/mol. The number of carbonyl (C=O) groups is 2. The van der Waals surface area contributed by atoms with Crippen LogP contribution in [-0.4, -0.2) is 24.2 Å². The number of carbonyl (C=O) groups excluding carboxylic acids is 2. The molecule has 0 saturated heterocycles. The molecule has 1 heterocycles. The van der Waals surface area contributed by atoms with Gasteiger partial charge in [-0.05, 0) is 36.4 Å². The highest BCUT2D eigenvalue weighted by molar-refractivity contribution is 6.05. The van der Waals surface area contributed by atoms with Crippen LogP contribution in [0.4, 0.5) is 5.69 Å². The number of rotatable bonds is 4. The van der Waals surface area contributed by atoms with Gasteiger partial charge in [0.15, 0.2) is 0 Å². The maximum absolute atomic E-state index is 11.9. The standard InChI is InChI=1S/C17H14N2O6/c1-23-17(21)13-9-10(5-6-11(13)16(18)20)25-15-4-2-3-14-12(15)7-8-24-19(14)22/h2-9,22H,1H3,(H2,18,20). The molecule has 0 bridgehead atoms. The zero-order valence-electron chi connectivity index (χ0n) is 13.1. The first-order chi connectivity index (χ1) is 12.0. The molecule has 0 saturated carbocycles. The summed E-state index contributed by atoms with van der Waals surface area (Å²) >= 11 is 0. The molecular formula is C17H14N2O6. The minimum Gasteiger partial charge on any atom is -0.465 e. The van der Waals surface area contributed by atoms with Crippen molar-refractivity contribution in [1.29, 1.82) is 0 Å². The van der Waals surface area contributed by atoms with Crippen molar-refractivity contribution in [3.63, 3.8) is 0 Å². The van der Waals surface area contributed by atoms with Crippen LogP contribution < -0.4 is 15.7 Å². The molecule has 1 aliphatic rings. The van der Waals surface area contributed by atoms with Crippen molar-refractivity contribution >= 4 is 23.6 Å². The Morgan fingerprint density at radius 3 is 2.72 bits per heavy atom. The largest absolute Gasteiger partial charge is 0.465 e. The van der Waals surface area contributed by atoms with E-state index in [2.05, 4.69) is 4.74 Å². The third-order valence-corrected chi connectivity index (χ3v) is 3.53. The highest BCUT2D eigenvalue weighted by atomic mass is 16.9. The summed E-state index contributed by atoms with van der Waals surface area (Å²) in [7, 11) is 1.20. The topological polar surface area (TPSA) is 111 Å². The first-order valence-electron chi connectivity index (χ1n) is 7.16. The fourth-order valence-electron chi connectivity index (χ4n) is 2.38. The highest BCUT2D eigenvalue weighted by Gasteiger charge is 2.20. The van der Waals surface area contributed by atoms with Gasteiger partial charge in [0.25, 0.3) is 0 Å². The number of nitrogens with zero attached hydrogens (tertiary/aromatic N) is 1. The number of hydrogen-bond acceptors (Lipinski definition) is 7. The molecule has 0 atom stereocenters. The van der Waals surface area contributed by atoms with Crippen LogP contribution in [-0.2, 0) is 9.57 Å². The van der Waals surface area contributed by atoms with Crippen molar-refractivity contribution in [2.24, 2.45) is 5.73 Å². The van der Waals surface area contributed by atoms with Crippen LogP contribution in [0.15, 0.2) is 42.7 Å². The highest BCUT2D eigenvalue weighted by Crippen LogP contribution is 2.36. The average Bonchev–Trinajstić information content (AvgIpc) is 2.61. The number of hydrogen-bond donors (Lipinski definition) is 2. The molecule has 0 spiro atoms. The predicted molar refractivity (Wildman–Crippen MR) is 87.2 cm³/mol. The van der Waals surface area contributed by atoms with Gasteiger partial charge in [-0.1, -0.05) is 11.3 Å². The smallest absolute Gasteiger partial charge is 0.338 e. The molecule has 25 heavy (non-hydrogen) atoms. The monoisotopic (exact) mass is 342 g/mol. The number of primary amides is 1. The summed E-state index contributed by atoms with van der Waals surface area (Å²) in [6.45, 7) is 0. The Kier molecular flexibility index (Phi) is 4.27. The van der Waals surface area contributed by atoms with Crippen LogP contribution in [0.5, 0.6) is 11.5 Å². The Hall–Kier alpha value is -3.52. The molecule has 1 amide bonds. The summed E-state index contributed by atoms with van der Waals surface area (Å²) < 4.78 is 10.5. The number of nitrogens with two attached hydrogens (primary N) is 1. The summed E-state index contributed by atoms with van der Waals surface area (Å²) in [6.07, 6.45) is 2.92. The minimum atomic E-state index is -0.750. The van der Waals surface area contributed by atoms with Gasteiger partial charge in [0.2, 0.25) is 5.91 Å². The third-order valence-electron chi connectivity index (χ3n) is 3.53. The van der Waals surface area contributed by atoms with Crippen molar-refractivity contribution in [3.8, 4) is 11.5 Å². The zero-order chi connectivity index (χ0) is 18.0.